The maximum absolute atomic E-state index is 11.0. The fourth-order valence-electron chi connectivity index (χ4n) is 0.659. The molecule has 0 aliphatic heterocycles. The number of carbonyl (C=O) groups excluding carboxylic acids is 2. The first-order chi connectivity index (χ1) is 5.07. The zero-order valence-corrected chi connectivity index (χ0v) is 7.05. The lowest BCUT2D eigenvalue weighted by atomic mass is 10.1. The van der Waals surface area contributed by atoms with Crippen molar-refractivity contribution < 1.29 is 9.59 Å². The Morgan fingerprint density at radius 2 is 1.73 bits per heavy atom. The minimum absolute atomic E-state index is 0.0969. The topological polar surface area (TPSA) is 34.1 Å². The number of hydrogen-bond acceptors (Lipinski definition) is 2. The molecule has 0 amide bonds. The lowest BCUT2D eigenvalue weighted by Gasteiger charge is -1.90. The van der Waals surface area contributed by atoms with Crippen LogP contribution in [0.15, 0.2) is 23.8 Å². The second kappa shape index (κ2) is 4.61. The van der Waals surface area contributed by atoms with Gasteiger partial charge < -0.3 is 0 Å². The van der Waals surface area contributed by atoms with Crippen molar-refractivity contribution in [1.29, 1.82) is 0 Å². The molecule has 0 aliphatic carbocycles. The lowest BCUT2D eigenvalue weighted by molar-refractivity contribution is -0.114. The molecule has 0 aliphatic rings. The summed E-state index contributed by atoms with van der Waals surface area (Å²) in [5.41, 5.74) is 0.482. The van der Waals surface area contributed by atoms with Crippen molar-refractivity contribution in [3.8, 4) is 0 Å². The van der Waals surface area contributed by atoms with E-state index in [0.29, 0.717) is 5.57 Å². The highest BCUT2D eigenvalue weighted by molar-refractivity contribution is 6.07. The van der Waals surface area contributed by atoms with Crippen molar-refractivity contribution in [2.45, 2.75) is 20.8 Å². The van der Waals surface area contributed by atoms with Gasteiger partial charge in [0.25, 0.3) is 0 Å². The molecule has 0 heterocycles. The Bertz CT molecular complexity index is 222. The zero-order chi connectivity index (χ0) is 8.85. The third kappa shape index (κ3) is 4.25. The van der Waals surface area contributed by atoms with E-state index >= 15 is 0 Å². The van der Waals surface area contributed by atoms with Crippen molar-refractivity contribution in [1.82, 2.24) is 0 Å². The van der Waals surface area contributed by atoms with E-state index in [0.717, 1.165) is 0 Å². The zero-order valence-electron chi connectivity index (χ0n) is 7.05. The van der Waals surface area contributed by atoms with Gasteiger partial charge in [0.05, 0.1) is 0 Å². The number of rotatable bonds is 3. The summed E-state index contributed by atoms with van der Waals surface area (Å²) < 4.78 is 0. The third-order valence-electron chi connectivity index (χ3n) is 1.13. The molecule has 0 atom stereocenters. The average Bonchev–Trinajstić information content (AvgIpc) is 1.86. The Labute approximate surface area is 66.6 Å². The summed E-state index contributed by atoms with van der Waals surface area (Å²) in [6, 6.07) is 0. The molecule has 0 saturated heterocycles. The largest absolute Gasteiger partial charge is 0.295 e. The normalized spacial score (nSPS) is 12.1. The van der Waals surface area contributed by atoms with Crippen molar-refractivity contribution >= 4 is 11.6 Å². The van der Waals surface area contributed by atoms with Crippen LogP contribution in [0.5, 0.6) is 0 Å². The van der Waals surface area contributed by atoms with Crippen LogP contribution in [0.4, 0.5) is 0 Å². The van der Waals surface area contributed by atoms with Crippen LogP contribution in [0.3, 0.4) is 0 Å². The van der Waals surface area contributed by atoms with E-state index < -0.39 is 0 Å². The fourth-order valence-corrected chi connectivity index (χ4v) is 0.659. The molecular formula is C9H12O2. The van der Waals surface area contributed by atoms with Gasteiger partial charge >= 0.3 is 0 Å². The fraction of sp³-hybridized carbons (Fsp3) is 0.333. The van der Waals surface area contributed by atoms with Crippen LogP contribution in [0.25, 0.3) is 0 Å². The predicted octanol–water partition coefficient (Wildman–Crippen LogP) is 1.67. The Morgan fingerprint density at radius 3 is 2.09 bits per heavy atom. The summed E-state index contributed by atoms with van der Waals surface area (Å²) >= 11 is 0. The van der Waals surface area contributed by atoms with E-state index in [2.05, 4.69) is 0 Å². The van der Waals surface area contributed by atoms with Crippen molar-refractivity contribution in [3.05, 3.63) is 23.8 Å². The minimum atomic E-state index is -0.109. The quantitative estimate of drug-likeness (QED) is 0.576. The summed E-state index contributed by atoms with van der Waals surface area (Å²) in [6.45, 7) is 4.81. The van der Waals surface area contributed by atoms with Crippen molar-refractivity contribution in [2.75, 3.05) is 0 Å². The van der Waals surface area contributed by atoms with Crippen LogP contribution in [0, 0.1) is 0 Å². The van der Waals surface area contributed by atoms with Gasteiger partial charge in [-0.15, -0.1) is 0 Å². The standard InChI is InChI=1S/C9H12O2/c1-4-5-9(11)7(2)6-8(3)10/h4-6H,1-3H3/b5-4+,7-6+. The number of hydrogen-bond donors (Lipinski definition) is 0. The highest BCUT2D eigenvalue weighted by Crippen LogP contribution is 1.96. The summed E-state index contributed by atoms with van der Waals surface area (Å²) in [5.74, 6) is -0.206. The minimum Gasteiger partial charge on any atom is -0.295 e. The van der Waals surface area contributed by atoms with Gasteiger partial charge in [0, 0.05) is 0 Å². The summed E-state index contributed by atoms with van der Waals surface area (Å²) in [4.78, 5) is 21.5. The molecule has 60 valence electrons. The predicted molar refractivity (Wildman–Crippen MR) is 44.3 cm³/mol. The van der Waals surface area contributed by atoms with Crippen LogP contribution in [-0.4, -0.2) is 11.6 Å². The van der Waals surface area contributed by atoms with Crippen LogP contribution in [-0.2, 0) is 9.59 Å². The molecule has 0 fully saturated rings. The highest BCUT2D eigenvalue weighted by atomic mass is 16.1. The molecule has 0 rings (SSSR count). The first kappa shape index (κ1) is 9.82. The number of allylic oxidation sites excluding steroid dienone is 4. The summed E-state index contributed by atoms with van der Waals surface area (Å²) in [5, 5.41) is 0. The molecule has 0 N–H and O–H groups in total. The van der Waals surface area contributed by atoms with E-state index in [1.807, 2.05) is 0 Å². The van der Waals surface area contributed by atoms with Gasteiger partial charge in [-0.1, -0.05) is 6.08 Å². The van der Waals surface area contributed by atoms with Crippen LogP contribution in [0.2, 0.25) is 0 Å². The maximum atomic E-state index is 11.0. The van der Waals surface area contributed by atoms with Gasteiger partial charge in [0.2, 0.25) is 0 Å². The summed E-state index contributed by atoms with van der Waals surface area (Å²) in [7, 11) is 0. The molecule has 0 saturated carbocycles. The van der Waals surface area contributed by atoms with E-state index in [9.17, 15) is 9.59 Å². The SMILES string of the molecule is C/C=C/C(=O)/C(C)=C/C(C)=O. The number of carbonyl (C=O) groups is 2. The monoisotopic (exact) mass is 152 g/mol. The molecular weight excluding hydrogens is 140 g/mol. The maximum Gasteiger partial charge on any atom is 0.181 e. The van der Waals surface area contributed by atoms with Crippen LogP contribution < -0.4 is 0 Å². The molecule has 0 unspecified atom stereocenters. The Balaban J connectivity index is 4.36. The first-order valence-electron chi connectivity index (χ1n) is 3.43. The third-order valence-corrected chi connectivity index (χ3v) is 1.13. The Kier molecular flexibility index (Phi) is 4.11. The van der Waals surface area contributed by atoms with Crippen LogP contribution in [0.1, 0.15) is 20.8 Å². The number of ketones is 2. The lowest BCUT2D eigenvalue weighted by Crippen LogP contribution is -1.96. The van der Waals surface area contributed by atoms with E-state index in [4.69, 9.17) is 0 Å². The van der Waals surface area contributed by atoms with Gasteiger partial charge in [0.1, 0.15) is 0 Å². The van der Waals surface area contributed by atoms with E-state index in [1.54, 1.807) is 19.9 Å². The van der Waals surface area contributed by atoms with Crippen molar-refractivity contribution in [2.24, 2.45) is 0 Å². The van der Waals surface area contributed by atoms with Gasteiger partial charge in [-0.2, -0.15) is 0 Å². The van der Waals surface area contributed by atoms with E-state index in [1.165, 1.54) is 19.1 Å². The molecule has 0 aromatic carbocycles. The molecule has 2 heteroatoms. The molecule has 2 nitrogen and oxygen atoms in total. The van der Waals surface area contributed by atoms with Crippen LogP contribution >= 0.6 is 0 Å². The van der Waals surface area contributed by atoms with Gasteiger partial charge in [-0.25, -0.2) is 0 Å². The molecule has 0 spiro atoms. The molecule has 0 radical (unpaired) electrons. The van der Waals surface area contributed by atoms with Gasteiger partial charge in [-0.05, 0) is 38.5 Å². The second-order valence-electron chi connectivity index (χ2n) is 2.30. The van der Waals surface area contributed by atoms with E-state index in [-0.39, 0.29) is 11.6 Å². The smallest absolute Gasteiger partial charge is 0.181 e. The second-order valence-corrected chi connectivity index (χ2v) is 2.30. The molecule has 11 heavy (non-hydrogen) atoms. The molecule has 0 bridgehead atoms. The molecule has 0 aromatic heterocycles. The van der Waals surface area contributed by atoms with Gasteiger partial charge in [-0.3, -0.25) is 9.59 Å². The molecule has 0 aromatic rings. The first-order valence-corrected chi connectivity index (χ1v) is 3.43. The Hall–Kier alpha value is -1.18. The summed E-state index contributed by atoms with van der Waals surface area (Å²) in [6.07, 6.45) is 4.43. The van der Waals surface area contributed by atoms with Gasteiger partial charge in [0.15, 0.2) is 11.6 Å². The Morgan fingerprint density at radius 1 is 1.18 bits per heavy atom. The van der Waals surface area contributed by atoms with Crippen molar-refractivity contribution in [3.63, 3.8) is 0 Å². The highest BCUT2D eigenvalue weighted by Gasteiger charge is 1.98. The average molecular weight is 152 g/mol.